The Hall–Kier alpha value is -2.55. The fourth-order valence-corrected chi connectivity index (χ4v) is 5.68. The molecule has 0 bridgehead atoms. The number of aromatic nitrogens is 1. The number of alkyl halides is 2. The first-order valence-electron chi connectivity index (χ1n) is 12.9. The first kappa shape index (κ1) is 25.1. The number of fused-ring (bicyclic) bond motifs is 3. The molecular weight excluding hydrogens is 465 g/mol. The highest BCUT2D eigenvalue weighted by Crippen LogP contribution is 2.42. The number of benzene rings is 2. The highest BCUT2D eigenvalue weighted by Gasteiger charge is 2.41. The SMILES string of the molecule is CCCCN1CC(Nc2ccc(C3c4[nH]c5cc(F)ccc5c4CC(C)N3CC(F)(F)CO)cc2)C1. The second-order valence-electron chi connectivity index (χ2n) is 10.4. The molecule has 0 saturated carbocycles. The second-order valence-corrected chi connectivity index (χ2v) is 10.4. The summed E-state index contributed by atoms with van der Waals surface area (Å²) in [6, 6.07) is 12.4. The van der Waals surface area contributed by atoms with Crippen LogP contribution in [-0.2, 0) is 6.42 Å². The number of hydrogen-bond donors (Lipinski definition) is 3. The minimum Gasteiger partial charge on any atom is -0.390 e. The van der Waals surface area contributed by atoms with Gasteiger partial charge in [0.25, 0.3) is 5.92 Å². The van der Waals surface area contributed by atoms with Crippen molar-refractivity contribution >= 4 is 16.6 Å². The van der Waals surface area contributed by atoms with Crippen LogP contribution in [0.1, 0.15) is 49.6 Å². The first-order chi connectivity index (χ1) is 17.3. The summed E-state index contributed by atoms with van der Waals surface area (Å²) in [6.07, 6.45) is 2.98. The molecule has 0 amide bonds. The van der Waals surface area contributed by atoms with Crippen LogP contribution in [0.25, 0.3) is 10.9 Å². The van der Waals surface area contributed by atoms with Crippen LogP contribution in [0.2, 0.25) is 0 Å². The zero-order valence-corrected chi connectivity index (χ0v) is 20.9. The summed E-state index contributed by atoms with van der Waals surface area (Å²) in [5.41, 5.74) is 4.41. The van der Waals surface area contributed by atoms with Crippen LogP contribution in [0, 0.1) is 5.82 Å². The van der Waals surface area contributed by atoms with Crippen molar-refractivity contribution in [2.24, 2.45) is 0 Å². The van der Waals surface area contributed by atoms with E-state index in [0.717, 1.165) is 47.5 Å². The van der Waals surface area contributed by atoms with E-state index in [1.807, 2.05) is 31.2 Å². The molecule has 0 spiro atoms. The molecule has 0 aliphatic carbocycles. The number of H-pyrrole nitrogens is 1. The molecule has 1 fully saturated rings. The van der Waals surface area contributed by atoms with E-state index in [1.165, 1.54) is 25.0 Å². The molecule has 5 nitrogen and oxygen atoms in total. The maximum atomic E-state index is 14.4. The molecule has 36 heavy (non-hydrogen) atoms. The molecule has 3 heterocycles. The number of unbranched alkanes of at least 4 members (excludes halogenated alkanes) is 1. The second kappa shape index (κ2) is 10.1. The van der Waals surface area contributed by atoms with Crippen molar-refractivity contribution in [2.75, 3.05) is 38.1 Å². The van der Waals surface area contributed by atoms with E-state index in [-0.39, 0.29) is 11.9 Å². The predicted molar refractivity (Wildman–Crippen MR) is 137 cm³/mol. The Balaban J connectivity index is 1.43. The molecule has 3 N–H and O–H groups in total. The van der Waals surface area contributed by atoms with Crippen molar-refractivity contribution in [3.05, 3.63) is 65.1 Å². The molecule has 2 aromatic carbocycles. The maximum absolute atomic E-state index is 14.4. The average molecular weight is 501 g/mol. The van der Waals surface area contributed by atoms with Gasteiger partial charge in [-0.3, -0.25) is 9.80 Å². The molecule has 3 aromatic rings. The third-order valence-corrected chi connectivity index (χ3v) is 7.60. The van der Waals surface area contributed by atoms with E-state index in [2.05, 4.69) is 22.1 Å². The van der Waals surface area contributed by atoms with Gasteiger partial charge in [-0.15, -0.1) is 0 Å². The van der Waals surface area contributed by atoms with Crippen LogP contribution < -0.4 is 5.32 Å². The molecule has 1 saturated heterocycles. The maximum Gasteiger partial charge on any atom is 0.283 e. The average Bonchev–Trinajstić information content (AvgIpc) is 3.18. The van der Waals surface area contributed by atoms with Gasteiger partial charge in [0.05, 0.1) is 18.6 Å². The van der Waals surface area contributed by atoms with E-state index >= 15 is 0 Å². The number of rotatable bonds is 9. The molecule has 5 rings (SSSR count). The van der Waals surface area contributed by atoms with E-state index in [0.29, 0.717) is 18.0 Å². The van der Waals surface area contributed by atoms with Gasteiger partial charge in [-0.1, -0.05) is 25.5 Å². The minimum absolute atomic E-state index is 0.189. The largest absolute Gasteiger partial charge is 0.390 e. The molecular formula is C28H35F3N4O. The lowest BCUT2D eigenvalue weighted by Gasteiger charge is -2.42. The summed E-state index contributed by atoms with van der Waals surface area (Å²) in [7, 11) is 0. The van der Waals surface area contributed by atoms with Crippen LogP contribution in [0.3, 0.4) is 0 Å². The number of nitrogens with one attached hydrogen (secondary N) is 2. The molecule has 1 aromatic heterocycles. The molecule has 194 valence electrons. The van der Waals surface area contributed by atoms with Gasteiger partial charge >= 0.3 is 0 Å². The van der Waals surface area contributed by atoms with Gasteiger partial charge in [0, 0.05) is 41.4 Å². The lowest BCUT2D eigenvalue weighted by Crippen LogP contribution is -2.54. The summed E-state index contributed by atoms with van der Waals surface area (Å²) in [6.45, 7) is 5.57. The number of nitrogens with zero attached hydrogens (tertiary/aromatic N) is 2. The Morgan fingerprint density at radius 2 is 1.89 bits per heavy atom. The van der Waals surface area contributed by atoms with Gasteiger partial charge in [0.2, 0.25) is 0 Å². The normalized spacial score (nSPS) is 21.5. The van der Waals surface area contributed by atoms with Crippen molar-refractivity contribution in [1.29, 1.82) is 0 Å². The molecule has 2 atom stereocenters. The Labute approximate surface area is 210 Å². The molecule has 8 heteroatoms. The van der Waals surface area contributed by atoms with Crippen molar-refractivity contribution in [2.45, 2.75) is 57.2 Å². The summed E-state index contributed by atoms with van der Waals surface area (Å²) in [4.78, 5) is 7.53. The number of likely N-dealkylation sites (tertiary alicyclic amines) is 1. The van der Waals surface area contributed by atoms with Crippen molar-refractivity contribution in [3.8, 4) is 0 Å². The lowest BCUT2D eigenvalue weighted by molar-refractivity contribution is -0.0864. The third kappa shape index (κ3) is 4.99. The van der Waals surface area contributed by atoms with Gasteiger partial charge in [-0.05, 0) is 67.8 Å². The Morgan fingerprint density at radius 1 is 1.14 bits per heavy atom. The number of aromatic amines is 1. The summed E-state index contributed by atoms with van der Waals surface area (Å²) in [5.74, 6) is -3.56. The number of halogens is 3. The lowest BCUT2D eigenvalue weighted by atomic mass is 9.88. The fraction of sp³-hybridized carbons (Fsp3) is 0.500. The molecule has 0 radical (unpaired) electrons. The van der Waals surface area contributed by atoms with Crippen molar-refractivity contribution in [3.63, 3.8) is 0 Å². The summed E-state index contributed by atoms with van der Waals surface area (Å²) < 4.78 is 42.8. The Kier molecular flexibility index (Phi) is 7.03. The minimum atomic E-state index is -3.22. The highest BCUT2D eigenvalue weighted by molar-refractivity contribution is 5.85. The van der Waals surface area contributed by atoms with Crippen LogP contribution in [0.5, 0.6) is 0 Å². The van der Waals surface area contributed by atoms with Gasteiger partial charge in [0.1, 0.15) is 12.4 Å². The van der Waals surface area contributed by atoms with Crippen LogP contribution in [-0.4, -0.2) is 70.7 Å². The van der Waals surface area contributed by atoms with E-state index in [9.17, 15) is 18.3 Å². The number of anilines is 1. The van der Waals surface area contributed by atoms with Crippen LogP contribution in [0.4, 0.5) is 18.9 Å². The van der Waals surface area contributed by atoms with Gasteiger partial charge in [-0.25, -0.2) is 13.2 Å². The van der Waals surface area contributed by atoms with Crippen molar-refractivity contribution in [1.82, 2.24) is 14.8 Å². The number of hydrogen-bond acceptors (Lipinski definition) is 4. The highest BCUT2D eigenvalue weighted by atomic mass is 19.3. The zero-order valence-electron chi connectivity index (χ0n) is 20.9. The monoisotopic (exact) mass is 500 g/mol. The molecule has 2 aliphatic rings. The van der Waals surface area contributed by atoms with E-state index < -0.39 is 25.1 Å². The van der Waals surface area contributed by atoms with Crippen molar-refractivity contribution < 1.29 is 18.3 Å². The summed E-state index contributed by atoms with van der Waals surface area (Å²) >= 11 is 0. The number of aliphatic hydroxyl groups is 1. The topological polar surface area (TPSA) is 54.5 Å². The van der Waals surface area contributed by atoms with Gasteiger partial charge in [-0.2, -0.15) is 0 Å². The fourth-order valence-electron chi connectivity index (χ4n) is 5.68. The number of aliphatic hydroxyl groups excluding tert-OH is 1. The Bertz CT molecular complexity index is 1190. The Morgan fingerprint density at radius 3 is 2.58 bits per heavy atom. The van der Waals surface area contributed by atoms with E-state index in [1.54, 1.807) is 11.0 Å². The quantitative estimate of drug-likeness (QED) is 0.380. The zero-order chi connectivity index (χ0) is 25.4. The van der Waals surface area contributed by atoms with Crippen LogP contribution in [0.15, 0.2) is 42.5 Å². The predicted octanol–water partition coefficient (Wildman–Crippen LogP) is 5.17. The van der Waals surface area contributed by atoms with Crippen LogP contribution >= 0.6 is 0 Å². The third-order valence-electron chi connectivity index (χ3n) is 7.60. The van der Waals surface area contributed by atoms with Gasteiger partial charge < -0.3 is 15.4 Å². The molecule has 2 aliphatic heterocycles. The van der Waals surface area contributed by atoms with E-state index in [4.69, 9.17) is 0 Å². The smallest absolute Gasteiger partial charge is 0.283 e. The summed E-state index contributed by atoms with van der Waals surface area (Å²) in [5, 5.41) is 13.8. The standard InChI is InChI=1S/C28H35F3N4O/c1-3-4-11-34-14-22(15-34)32-21-8-5-19(6-9-21)27-26-24(23-10-7-20(29)13-25(23)33-26)12-18(2)35(27)16-28(30,31)17-36/h5-10,13,18,22,27,32-33,36H,3-4,11-12,14-17H2,1-2H3. The van der Waals surface area contributed by atoms with Gasteiger partial charge in [0.15, 0.2) is 0 Å². The molecule has 2 unspecified atom stereocenters. The first-order valence-corrected chi connectivity index (χ1v) is 12.9.